The number of thiophene rings is 3. The molecule has 12 rings (SSSR count). The highest BCUT2D eigenvalue weighted by Gasteiger charge is 2.45. The predicted molar refractivity (Wildman–Crippen MR) is 415 cm³/mol. The van der Waals surface area contributed by atoms with Gasteiger partial charge in [-0.15, -0.1) is 34.0 Å². The second-order valence-electron chi connectivity index (χ2n) is 31.9. The van der Waals surface area contributed by atoms with Crippen molar-refractivity contribution in [3.05, 3.63) is 111 Å². The van der Waals surface area contributed by atoms with E-state index in [2.05, 4.69) is 115 Å². The molecule has 6 aliphatic heterocycles. The summed E-state index contributed by atoms with van der Waals surface area (Å²) in [5.74, 6) is 15.1. The summed E-state index contributed by atoms with van der Waals surface area (Å²) in [4.78, 5) is 115. The molecule has 0 spiro atoms. The van der Waals surface area contributed by atoms with Crippen LogP contribution in [0, 0.1) is 72.0 Å². The van der Waals surface area contributed by atoms with Crippen LogP contribution in [-0.4, -0.2) is 157 Å². The van der Waals surface area contributed by atoms with Crippen LogP contribution in [0.3, 0.4) is 0 Å². The number of aliphatic imine (C=N–C) groups is 2. The van der Waals surface area contributed by atoms with Crippen LogP contribution in [0.1, 0.15) is 199 Å². The minimum Gasteiger partial charge on any atom is -0.469 e. The fourth-order valence-electron chi connectivity index (χ4n) is 14.7. The number of hydrogen-bond donors (Lipinski definition) is 3. The first-order valence-corrected chi connectivity index (χ1v) is 39.1. The van der Waals surface area contributed by atoms with E-state index in [1.54, 1.807) is 38.9 Å². The van der Waals surface area contributed by atoms with Gasteiger partial charge < -0.3 is 44.0 Å². The van der Waals surface area contributed by atoms with Gasteiger partial charge in [0.25, 0.3) is 0 Å². The van der Waals surface area contributed by atoms with Gasteiger partial charge in [0.05, 0.1) is 77.2 Å². The van der Waals surface area contributed by atoms with E-state index in [0.29, 0.717) is 61.9 Å². The number of nitrogens with one attached hydrogen (secondary N) is 3. The highest BCUT2D eigenvalue weighted by Crippen LogP contribution is 2.42. The van der Waals surface area contributed by atoms with Gasteiger partial charge in [-0.1, -0.05) is 91.5 Å². The van der Waals surface area contributed by atoms with Crippen molar-refractivity contribution in [2.45, 2.75) is 197 Å². The van der Waals surface area contributed by atoms with Crippen molar-refractivity contribution in [3.63, 3.8) is 0 Å². The number of aromatic nitrogens is 4. The van der Waals surface area contributed by atoms with Crippen molar-refractivity contribution in [1.82, 2.24) is 44.9 Å². The van der Waals surface area contributed by atoms with Crippen molar-refractivity contribution >= 4 is 96.5 Å². The zero-order valence-corrected chi connectivity index (χ0v) is 66.3. The third kappa shape index (κ3) is 18.3. The van der Waals surface area contributed by atoms with Gasteiger partial charge in [0.1, 0.15) is 34.6 Å². The molecule has 3 N–H and O–H groups in total. The molecule has 4 saturated heterocycles. The molecule has 0 aliphatic carbocycles. The number of aryl methyl sites for hydroxylation is 1. The fourth-order valence-corrected chi connectivity index (χ4v) is 17.8. The number of methoxy groups -OCH3 is 2. The number of amides is 5. The third-order valence-corrected chi connectivity index (χ3v) is 23.3. The van der Waals surface area contributed by atoms with Crippen LogP contribution >= 0.6 is 34.0 Å². The van der Waals surface area contributed by atoms with Gasteiger partial charge in [0.15, 0.2) is 0 Å². The number of alkyl carbamates (subject to hydrolysis) is 1. The van der Waals surface area contributed by atoms with Crippen LogP contribution in [0.25, 0.3) is 36.0 Å². The minimum atomic E-state index is -0.707. The number of nitrogens with zero attached hydrogens (tertiary/aromatic N) is 8. The van der Waals surface area contributed by atoms with Crippen LogP contribution in [0.4, 0.5) is 14.4 Å². The Morgan fingerprint density at radius 1 is 0.610 bits per heavy atom. The maximum atomic E-state index is 13.8. The number of likely N-dealkylation sites (tertiary alicyclic amines) is 4. The number of esters is 1. The van der Waals surface area contributed by atoms with E-state index in [9.17, 15) is 28.8 Å². The molecule has 558 valence electrons. The molecular weight excluding hydrogens is 1380 g/mol. The predicted octanol–water partition coefficient (Wildman–Crippen LogP) is 16.2. The number of H-pyrrole nitrogens is 2. The molecule has 5 aromatic heterocycles. The maximum absolute atomic E-state index is 13.8. The lowest BCUT2D eigenvalue weighted by molar-refractivity contribution is -0.148. The number of aromatic amines is 2. The van der Waals surface area contributed by atoms with Crippen LogP contribution in [-0.2, 0) is 33.3 Å². The summed E-state index contributed by atoms with van der Waals surface area (Å²) in [6, 6.07) is 15.8. The van der Waals surface area contributed by atoms with Crippen LogP contribution in [0.2, 0.25) is 0 Å². The van der Waals surface area contributed by atoms with E-state index >= 15 is 0 Å². The third-order valence-electron chi connectivity index (χ3n) is 20.0. The summed E-state index contributed by atoms with van der Waals surface area (Å²) >= 11 is 4.95. The molecule has 6 aliphatic rings. The molecule has 5 amide bonds. The van der Waals surface area contributed by atoms with Gasteiger partial charge >= 0.3 is 24.2 Å². The maximum Gasteiger partial charge on any atom is 0.410 e. The van der Waals surface area contributed by atoms with E-state index in [1.165, 1.54) is 14.2 Å². The van der Waals surface area contributed by atoms with Crippen molar-refractivity contribution in [1.29, 1.82) is 0 Å². The SMILES string of the molecule is COC(=O)C[C@H](C(=O)N1C[C@@H](C)C[C@H]1C1=NC(C)=C(C#Cc2cc3sc(C#Cc4nc([C@@H]5C[C@H](C)CN5C(=O)[C@@H](NC(=O)OC)C(C)C)[nH]c4C)cc3s2)C1)C(C)C.C[C@H]1C[C@@H](C2=NC=C(c3ccc(-c4ccc(-c5cnc([C@@H]6C[C@H](C)CN6C(=O)OC(C)(C)C)[nH]5)s4)cc3)C2)N(C(=O)OC(C)(C)C)C1. The number of hydrogen-bond acceptors (Lipinski definition) is 17. The normalized spacial score (nSPS) is 22.3. The van der Waals surface area contributed by atoms with Gasteiger partial charge in [0.2, 0.25) is 11.8 Å². The van der Waals surface area contributed by atoms with Crippen LogP contribution in [0.5, 0.6) is 0 Å². The number of carbonyl (C=O) groups is 6. The Bertz CT molecular complexity index is 4490. The van der Waals surface area contributed by atoms with E-state index < -0.39 is 29.3 Å². The van der Waals surface area contributed by atoms with Gasteiger partial charge in [-0.25, -0.2) is 24.4 Å². The molecule has 1 aromatic carbocycles. The quantitative estimate of drug-likeness (QED) is 0.0523. The van der Waals surface area contributed by atoms with Crippen molar-refractivity contribution in [3.8, 4) is 44.7 Å². The van der Waals surface area contributed by atoms with Gasteiger partial charge in [-0.3, -0.25) is 34.2 Å². The Labute approximate surface area is 629 Å². The smallest absolute Gasteiger partial charge is 0.410 e. The van der Waals surface area contributed by atoms with Crippen LogP contribution < -0.4 is 5.32 Å². The first kappa shape index (κ1) is 77.3. The van der Waals surface area contributed by atoms with Crippen molar-refractivity contribution in [2.24, 2.45) is 51.4 Å². The monoisotopic (exact) mass is 1480 g/mol. The molecule has 10 atom stereocenters. The molecule has 11 heterocycles. The highest BCUT2D eigenvalue weighted by atomic mass is 32.1. The average molecular weight is 1480 g/mol. The molecule has 0 bridgehead atoms. The summed E-state index contributed by atoms with van der Waals surface area (Å²) in [5, 5.41) is 2.71. The Balaban J connectivity index is 0.000000214. The topological polar surface area (TPSA) is 246 Å². The Hall–Kier alpha value is -8.84. The van der Waals surface area contributed by atoms with Gasteiger partial charge in [-0.05, 0) is 169 Å². The molecular formula is C81H101N11O10S3. The molecule has 6 aromatic rings. The average Bonchev–Trinajstić information content (AvgIpc) is 1.66. The lowest BCUT2D eigenvalue weighted by atomic mass is 9.90. The molecule has 24 heteroatoms. The Morgan fingerprint density at radius 3 is 1.71 bits per heavy atom. The molecule has 21 nitrogen and oxygen atoms in total. The standard InChI is InChI=1S/C44H54N6O6S2.C37H47N5O4S/c1-23(2)32(20-39(51)55-9)42(52)49-21-25(5)15-35(49)34-17-29(27(7)45-34)11-12-30-18-37-38(57-30)19-31(58-37)13-14-33-28(8)46-41(47-33)36-16-26(6)22-50(36)43(53)40(24(3)4)48-44(54)56-10;1-22-15-29(41(20-22)34(43)45-36(3,4)5)27-17-26(18-38-27)24-9-11-25(12-10-24)31-13-14-32(47-31)28-19-39-33(40-28)30-16-23(2)21-42(30)35(44)46-37(6,7)8/h18-19,23-26,32,35-36,40H,15-17,20-22H2,1-10H3,(H,46,47)(H,48,54);9-14,18-19,22-23,29-30H,15-17,20-21H2,1-8H3,(H,39,40)/t25-,26-,32-,35-,36-,40-;22-,23-,29-,30-/m00/s1. The van der Waals surface area contributed by atoms with E-state index in [4.69, 9.17) is 38.9 Å². The molecule has 0 saturated carbocycles. The largest absolute Gasteiger partial charge is 0.469 e. The second kappa shape index (κ2) is 32.1. The molecule has 4 fully saturated rings. The summed E-state index contributed by atoms with van der Waals surface area (Å²) in [7, 11) is 2.65. The van der Waals surface area contributed by atoms with E-state index in [-0.39, 0.29) is 78.3 Å². The zero-order valence-electron chi connectivity index (χ0n) is 63.9. The summed E-state index contributed by atoms with van der Waals surface area (Å²) in [5.41, 5.74) is 8.63. The minimum absolute atomic E-state index is 0.00681. The van der Waals surface area contributed by atoms with Crippen LogP contribution in [0.15, 0.2) is 82.2 Å². The summed E-state index contributed by atoms with van der Waals surface area (Å²) < 4.78 is 23.3. The number of ether oxygens (including phenoxy) is 4. The van der Waals surface area contributed by atoms with E-state index in [0.717, 1.165) is 118 Å². The number of rotatable bonds is 14. The molecule has 105 heavy (non-hydrogen) atoms. The lowest BCUT2D eigenvalue weighted by Crippen LogP contribution is -2.51. The molecule has 0 radical (unpaired) electrons. The number of carbonyl (C=O) groups excluding carboxylic acids is 6. The van der Waals surface area contributed by atoms with Gasteiger partial charge in [0, 0.05) is 87.9 Å². The zero-order chi connectivity index (χ0) is 75.7. The fraction of sp³-hybridized carbons (Fsp3) is 0.531. The Morgan fingerprint density at radius 2 is 1.14 bits per heavy atom. The highest BCUT2D eigenvalue weighted by molar-refractivity contribution is 7.28. The van der Waals surface area contributed by atoms with Crippen molar-refractivity contribution < 1.29 is 47.7 Å². The second-order valence-corrected chi connectivity index (χ2v) is 35.2. The van der Waals surface area contributed by atoms with E-state index in [1.807, 2.05) is 110 Å². The van der Waals surface area contributed by atoms with Gasteiger partial charge in [-0.2, -0.15) is 0 Å². The van der Waals surface area contributed by atoms with Crippen molar-refractivity contribution in [2.75, 3.05) is 40.4 Å². The number of fused-ring (bicyclic) bond motifs is 1. The Kier molecular flexibility index (Phi) is 23.6. The lowest BCUT2D eigenvalue weighted by Gasteiger charge is -2.30. The number of imidazole rings is 2. The number of allylic oxidation sites excluding steroid dienone is 3. The summed E-state index contributed by atoms with van der Waals surface area (Å²) in [6.45, 7) is 34.2. The molecule has 0 unspecified atom stereocenters. The number of benzene rings is 1. The first-order chi connectivity index (χ1) is 49.7. The summed E-state index contributed by atoms with van der Waals surface area (Å²) in [6.07, 6.45) is 7.39. The first-order valence-electron chi connectivity index (χ1n) is 36.6.